The highest BCUT2D eigenvalue weighted by Crippen LogP contribution is 2.29. The van der Waals surface area contributed by atoms with Crippen molar-refractivity contribution in [3.8, 4) is 11.5 Å². The van der Waals surface area contributed by atoms with E-state index in [0.717, 1.165) is 63.7 Å². The molecule has 0 saturated carbocycles. The van der Waals surface area contributed by atoms with Crippen molar-refractivity contribution >= 4 is 5.91 Å². The van der Waals surface area contributed by atoms with E-state index in [0.29, 0.717) is 12.5 Å². The predicted octanol–water partition coefficient (Wildman–Crippen LogP) is -0.119. The van der Waals surface area contributed by atoms with Crippen LogP contribution in [-0.2, 0) is 24.3 Å². The summed E-state index contributed by atoms with van der Waals surface area (Å²) in [6, 6.07) is 12.7. The molecule has 0 bridgehead atoms. The molecule has 0 atom stereocenters. The molecule has 2 aliphatic rings. The number of amides is 1. The second kappa shape index (κ2) is 9.71. The predicted molar refractivity (Wildman–Crippen MR) is 120 cm³/mol. The molecular weight excluding hydrogens is 390 g/mol. The lowest BCUT2D eigenvalue weighted by molar-refractivity contribution is -1.02. The smallest absolute Gasteiger partial charge is 0.278 e. The van der Waals surface area contributed by atoms with Gasteiger partial charge in [-0.05, 0) is 42.2 Å². The van der Waals surface area contributed by atoms with Crippen LogP contribution in [0.5, 0.6) is 11.5 Å². The number of hydrogen-bond acceptors (Lipinski definition) is 3. The van der Waals surface area contributed by atoms with Crippen molar-refractivity contribution in [3.05, 3.63) is 58.7 Å². The van der Waals surface area contributed by atoms with Gasteiger partial charge >= 0.3 is 0 Å². The molecular formula is C25H35N3O3+2. The number of aryl methyl sites for hydroxylation is 1. The van der Waals surface area contributed by atoms with Crippen molar-refractivity contribution in [2.24, 2.45) is 0 Å². The number of benzene rings is 2. The Labute approximate surface area is 185 Å². The Morgan fingerprint density at radius 2 is 1.61 bits per heavy atom. The standard InChI is InChI=1S/C25H33N3O3/c1-19-14-23(30-2)24(31-3)15-22(19)16-26-10-12-27(13-11-26)18-25(29)28-9-8-20-6-4-5-7-21(20)17-28/h4-7,14-15H,8-13,16-18H2,1-3H3/p+2. The lowest BCUT2D eigenvalue weighted by atomic mass is 10.00. The zero-order chi connectivity index (χ0) is 21.8. The molecule has 2 aromatic rings. The number of carbonyl (C=O) groups excluding carboxylic acids is 1. The number of quaternary nitrogens is 2. The van der Waals surface area contributed by atoms with E-state index in [2.05, 4.69) is 43.3 Å². The molecule has 31 heavy (non-hydrogen) atoms. The first-order chi connectivity index (χ1) is 15.1. The van der Waals surface area contributed by atoms with E-state index in [1.807, 2.05) is 4.90 Å². The summed E-state index contributed by atoms with van der Waals surface area (Å²) in [6.45, 7) is 9.58. The third-order valence-corrected chi connectivity index (χ3v) is 6.83. The van der Waals surface area contributed by atoms with Crippen LogP contribution >= 0.6 is 0 Å². The number of hydrogen-bond donors (Lipinski definition) is 2. The summed E-state index contributed by atoms with van der Waals surface area (Å²) in [4.78, 5) is 17.9. The van der Waals surface area contributed by atoms with E-state index < -0.39 is 0 Å². The summed E-state index contributed by atoms with van der Waals surface area (Å²) in [5, 5.41) is 0. The van der Waals surface area contributed by atoms with E-state index in [4.69, 9.17) is 9.47 Å². The summed E-state index contributed by atoms with van der Waals surface area (Å²) in [7, 11) is 3.36. The summed E-state index contributed by atoms with van der Waals surface area (Å²) in [5.74, 6) is 1.87. The van der Waals surface area contributed by atoms with Gasteiger partial charge in [-0.25, -0.2) is 0 Å². The number of rotatable bonds is 6. The van der Waals surface area contributed by atoms with Gasteiger partial charge in [-0.15, -0.1) is 0 Å². The first-order valence-electron chi connectivity index (χ1n) is 11.3. The van der Waals surface area contributed by atoms with Crippen LogP contribution < -0.4 is 19.3 Å². The number of piperazine rings is 1. The Hall–Kier alpha value is -2.57. The number of fused-ring (bicyclic) bond motifs is 1. The first-order valence-corrected chi connectivity index (χ1v) is 11.3. The van der Waals surface area contributed by atoms with Gasteiger partial charge in [-0.1, -0.05) is 24.3 Å². The quantitative estimate of drug-likeness (QED) is 0.679. The van der Waals surface area contributed by atoms with Crippen molar-refractivity contribution in [3.63, 3.8) is 0 Å². The van der Waals surface area contributed by atoms with Crippen LogP contribution in [0.25, 0.3) is 0 Å². The fraction of sp³-hybridized carbons (Fsp3) is 0.480. The molecule has 0 unspecified atom stereocenters. The molecule has 2 aromatic carbocycles. The van der Waals surface area contributed by atoms with Gasteiger partial charge in [-0.3, -0.25) is 4.79 Å². The molecule has 1 amide bonds. The fourth-order valence-electron chi connectivity index (χ4n) is 4.83. The number of nitrogens with one attached hydrogen (secondary N) is 2. The Kier molecular flexibility index (Phi) is 6.78. The van der Waals surface area contributed by atoms with E-state index in [9.17, 15) is 4.79 Å². The van der Waals surface area contributed by atoms with Crippen molar-refractivity contribution in [1.29, 1.82) is 0 Å². The summed E-state index contributed by atoms with van der Waals surface area (Å²) in [5.41, 5.74) is 5.23. The Balaban J connectivity index is 1.28. The zero-order valence-electron chi connectivity index (χ0n) is 19.0. The third-order valence-electron chi connectivity index (χ3n) is 6.83. The molecule has 0 spiro atoms. The van der Waals surface area contributed by atoms with Crippen LogP contribution in [0.1, 0.15) is 22.3 Å². The molecule has 1 fully saturated rings. The first kappa shape index (κ1) is 21.7. The van der Waals surface area contributed by atoms with Crippen LogP contribution in [0, 0.1) is 6.92 Å². The van der Waals surface area contributed by atoms with Crippen molar-refractivity contribution < 1.29 is 24.1 Å². The zero-order valence-corrected chi connectivity index (χ0v) is 19.0. The highest BCUT2D eigenvalue weighted by Gasteiger charge is 2.28. The fourth-order valence-corrected chi connectivity index (χ4v) is 4.83. The Morgan fingerprint density at radius 3 is 2.32 bits per heavy atom. The van der Waals surface area contributed by atoms with Gasteiger partial charge in [0.1, 0.15) is 32.7 Å². The third kappa shape index (κ3) is 5.02. The number of methoxy groups -OCH3 is 2. The molecule has 6 heteroatoms. The van der Waals surface area contributed by atoms with E-state index in [1.165, 1.54) is 27.2 Å². The molecule has 6 nitrogen and oxygen atoms in total. The monoisotopic (exact) mass is 425 g/mol. The Morgan fingerprint density at radius 1 is 0.968 bits per heavy atom. The number of ether oxygens (including phenoxy) is 2. The largest absolute Gasteiger partial charge is 0.493 e. The van der Waals surface area contributed by atoms with Crippen molar-refractivity contribution in [2.75, 3.05) is 53.5 Å². The van der Waals surface area contributed by atoms with Crippen LogP contribution in [0.4, 0.5) is 0 Å². The SMILES string of the molecule is COc1cc(C)c(C[NH+]2CC[NH+](CC(=O)N3CCc4ccccc4C3)CC2)cc1OC. The van der Waals surface area contributed by atoms with Gasteiger partial charge in [0.15, 0.2) is 18.0 Å². The van der Waals surface area contributed by atoms with E-state index >= 15 is 0 Å². The van der Waals surface area contributed by atoms with Crippen LogP contribution in [0.15, 0.2) is 36.4 Å². The highest BCUT2D eigenvalue weighted by atomic mass is 16.5. The van der Waals surface area contributed by atoms with E-state index in [1.54, 1.807) is 19.1 Å². The summed E-state index contributed by atoms with van der Waals surface area (Å²) < 4.78 is 10.9. The maximum absolute atomic E-state index is 12.9. The van der Waals surface area contributed by atoms with Gasteiger partial charge in [0.05, 0.1) is 14.2 Å². The summed E-state index contributed by atoms with van der Waals surface area (Å²) in [6.07, 6.45) is 0.972. The molecule has 2 aliphatic heterocycles. The highest BCUT2D eigenvalue weighted by molar-refractivity contribution is 5.77. The average molecular weight is 426 g/mol. The lowest BCUT2D eigenvalue weighted by Crippen LogP contribution is -3.28. The van der Waals surface area contributed by atoms with Crippen LogP contribution in [0.2, 0.25) is 0 Å². The van der Waals surface area contributed by atoms with Crippen molar-refractivity contribution in [1.82, 2.24) is 4.90 Å². The minimum Gasteiger partial charge on any atom is -0.493 e. The van der Waals surface area contributed by atoms with Gasteiger partial charge in [0.2, 0.25) is 0 Å². The minimum atomic E-state index is 0.295. The molecule has 0 radical (unpaired) electrons. The maximum atomic E-state index is 12.9. The second-order valence-electron chi connectivity index (χ2n) is 8.82. The molecule has 4 rings (SSSR count). The van der Waals surface area contributed by atoms with Gasteiger partial charge in [0, 0.05) is 18.7 Å². The second-order valence-corrected chi connectivity index (χ2v) is 8.82. The lowest BCUT2D eigenvalue weighted by Gasteiger charge is -2.33. The van der Waals surface area contributed by atoms with E-state index in [-0.39, 0.29) is 0 Å². The van der Waals surface area contributed by atoms with Gasteiger partial charge in [0.25, 0.3) is 5.91 Å². The van der Waals surface area contributed by atoms with Crippen LogP contribution in [-0.4, -0.2) is 64.3 Å². The topological polar surface area (TPSA) is 47.7 Å². The molecule has 166 valence electrons. The average Bonchev–Trinajstić information content (AvgIpc) is 2.80. The van der Waals surface area contributed by atoms with Gasteiger partial charge < -0.3 is 24.2 Å². The summed E-state index contributed by atoms with van der Waals surface area (Å²) >= 11 is 0. The van der Waals surface area contributed by atoms with Crippen LogP contribution in [0.3, 0.4) is 0 Å². The minimum absolute atomic E-state index is 0.295. The Bertz CT molecular complexity index is 922. The number of nitrogens with zero attached hydrogens (tertiary/aromatic N) is 1. The molecule has 1 saturated heterocycles. The molecule has 2 heterocycles. The molecule has 0 aliphatic carbocycles. The number of carbonyl (C=O) groups is 1. The molecule has 2 N–H and O–H groups in total. The molecule has 0 aromatic heterocycles. The normalized spacial score (nSPS) is 20.8. The van der Waals surface area contributed by atoms with Crippen molar-refractivity contribution in [2.45, 2.75) is 26.4 Å². The maximum Gasteiger partial charge on any atom is 0.278 e. The van der Waals surface area contributed by atoms with Gasteiger partial charge in [-0.2, -0.15) is 0 Å².